The van der Waals surface area contributed by atoms with E-state index in [9.17, 15) is 0 Å². The largest absolute Gasteiger partial charge is 0.497 e. The van der Waals surface area contributed by atoms with Gasteiger partial charge in [-0.05, 0) is 37.1 Å². The predicted molar refractivity (Wildman–Crippen MR) is 92.4 cm³/mol. The number of methoxy groups -OCH3 is 1. The highest BCUT2D eigenvalue weighted by Gasteiger charge is 2.37. The molecule has 2 atom stereocenters. The van der Waals surface area contributed by atoms with Crippen molar-refractivity contribution in [2.24, 2.45) is 5.92 Å². The van der Waals surface area contributed by atoms with Crippen molar-refractivity contribution < 1.29 is 9.15 Å². The average molecular weight is 325 g/mol. The van der Waals surface area contributed by atoms with Gasteiger partial charge in [0.05, 0.1) is 12.5 Å². The minimum absolute atomic E-state index is 0.271. The topological polar surface area (TPSA) is 89.4 Å². The molecule has 124 valence electrons. The second-order valence-corrected chi connectivity index (χ2v) is 6.56. The summed E-state index contributed by atoms with van der Waals surface area (Å²) in [5, 5.41) is 4.46. The van der Waals surface area contributed by atoms with E-state index in [1.165, 1.54) is 6.42 Å². The second-order valence-electron chi connectivity index (χ2n) is 6.56. The van der Waals surface area contributed by atoms with Crippen LogP contribution in [0.4, 0.5) is 11.8 Å². The zero-order chi connectivity index (χ0) is 16.3. The molecule has 2 unspecified atom stereocenters. The highest BCUT2D eigenvalue weighted by Crippen LogP contribution is 2.37. The van der Waals surface area contributed by atoms with Crippen LogP contribution in [0.1, 0.15) is 6.42 Å². The maximum atomic E-state index is 6.07. The Hall–Kier alpha value is -2.54. The van der Waals surface area contributed by atoms with Crippen molar-refractivity contribution in [3.8, 4) is 5.75 Å². The van der Waals surface area contributed by atoms with Crippen LogP contribution < -0.4 is 20.7 Å². The molecule has 3 aromatic rings. The molecule has 3 N–H and O–H groups in total. The number of nitrogens with zero attached hydrogens (tertiary/aromatic N) is 3. The number of rotatable bonds is 2. The monoisotopic (exact) mass is 325 g/mol. The van der Waals surface area contributed by atoms with Gasteiger partial charge in [-0.2, -0.15) is 4.98 Å². The summed E-state index contributed by atoms with van der Waals surface area (Å²) in [7, 11) is 1.65. The van der Waals surface area contributed by atoms with E-state index in [0.717, 1.165) is 47.7 Å². The molecule has 0 amide bonds. The van der Waals surface area contributed by atoms with Crippen molar-refractivity contribution in [2.45, 2.75) is 12.5 Å². The molecule has 0 bridgehead atoms. The fraction of sp³-hybridized carbons (Fsp3) is 0.412. The lowest BCUT2D eigenvalue weighted by Crippen LogP contribution is -2.30. The molecule has 7 nitrogen and oxygen atoms in total. The summed E-state index contributed by atoms with van der Waals surface area (Å²) in [6.07, 6.45) is 1.21. The van der Waals surface area contributed by atoms with Crippen molar-refractivity contribution >= 4 is 33.8 Å². The third-order valence-corrected chi connectivity index (χ3v) is 5.18. The van der Waals surface area contributed by atoms with Crippen molar-refractivity contribution in [2.75, 3.05) is 37.4 Å². The molecule has 0 radical (unpaired) electrons. The second kappa shape index (κ2) is 4.98. The van der Waals surface area contributed by atoms with Crippen molar-refractivity contribution in [3.05, 3.63) is 18.2 Å². The van der Waals surface area contributed by atoms with Crippen LogP contribution in [-0.4, -0.2) is 42.8 Å². The molecule has 2 aliphatic heterocycles. The number of nitrogens with one attached hydrogen (secondary N) is 1. The van der Waals surface area contributed by atoms with Crippen LogP contribution in [0, 0.1) is 5.92 Å². The van der Waals surface area contributed by atoms with Gasteiger partial charge in [0.2, 0.25) is 5.95 Å². The Labute approximate surface area is 138 Å². The molecule has 0 aliphatic carbocycles. The Morgan fingerprint density at radius 3 is 3.08 bits per heavy atom. The first-order valence-electron chi connectivity index (χ1n) is 8.25. The summed E-state index contributed by atoms with van der Waals surface area (Å²) in [5.41, 5.74) is 8.21. The van der Waals surface area contributed by atoms with E-state index < -0.39 is 0 Å². The van der Waals surface area contributed by atoms with Gasteiger partial charge in [-0.15, -0.1) is 0 Å². The molecule has 5 rings (SSSR count). The van der Waals surface area contributed by atoms with Gasteiger partial charge in [0, 0.05) is 19.1 Å². The average Bonchev–Trinajstić information content (AvgIpc) is 3.26. The molecule has 24 heavy (non-hydrogen) atoms. The Kier molecular flexibility index (Phi) is 2.87. The van der Waals surface area contributed by atoms with Gasteiger partial charge in [-0.1, -0.05) is 0 Å². The molecule has 7 heteroatoms. The molecule has 2 fully saturated rings. The maximum Gasteiger partial charge on any atom is 0.222 e. The first kappa shape index (κ1) is 13.9. The quantitative estimate of drug-likeness (QED) is 0.742. The van der Waals surface area contributed by atoms with Crippen molar-refractivity contribution in [3.63, 3.8) is 0 Å². The summed E-state index contributed by atoms with van der Waals surface area (Å²) in [6, 6.07) is 6.24. The first-order valence-corrected chi connectivity index (χ1v) is 8.25. The summed E-state index contributed by atoms with van der Waals surface area (Å²) in [6.45, 7) is 3.01. The van der Waals surface area contributed by atoms with Crippen LogP contribution in [-0.2, 0) is 0 Å². The van der Waals surface area contributed by atoms with E-state index in [4.69, 9.17) is 14.9 Å². The normalized spacial score (nSPS) is 23.3. The number of hydrogen-bond donors (Lipinski definition) is 2. The van der Waals surface area contributed by atoms with E-state index in [1.54, 1.807) is 7.11 Å². The van der Waals surface area contributed by atoms with Crippen LogP contribution in [0.3, 0.4) is 0 Å². The number of ether oxygens (including phenoxy) is 1. The summed E-state index contributed by atoms with van der Waals surface area (Å²) in [4.78, 5) is 11.2. The number of nitrogens with two attached hydrogens (primary N) is 1. The minimum atomic E-state index is 0.271. The van der Waals surface area contributed by atoms with Crippen LogP contribution in [0.2, 0.25) is 0 Å². The van der Waals surface area contributed by atoms with E-state index >= 15 is 0 Å². The smallest absolute Gasteiger partial charge is 0.222 e. The summed E-state index contributed by atoms with van der Waals surface area (Å²) >= 11 is 0. The summed E-state index contributed by atoms with van der Waals surface area (Å²) in [5.74, 6) is 2.50. The maximum absolute atomic E-state index is 6.07. The third-order valence-electron chi connectivity index (χ3n) is 5.18. The molecule has 0 spiro atoms. The minimum Gasteiger partial charge on any atom is -0.497 e. The van der Waals surface area contributed by atoms with Gasteiger partial charge >= 0.3 is 0 Å². The zero-order valence-corrected chi connectivity index (χ0v) is 13.5. The molecule has 4 heterocycles. The number of nitrogen functional groups attached to an aromatic ring is 1. The number of benzene rings is 1. The molecule has 2 aromatic heterocycles. The highest BCUT2D eigenvalue weighted by molar-refractivity contribution is 6.06. The van der Waals surface area contributed by atoms with E-state index in [-0.39, 0.29) is 5.95 Å². The van der Waals surface area contributed by atoms with Gasteiger partial charge in [0.15, 0.2) is 11.4 Å². The van der Waals surface area contributed by atoms with Crippen molar-refractivity contribution in [1.29, 1.82) is 0 Å². The van der Waals surface area contributed by atoms with Gasteiger partial charge in [0.25, 0.3) is 0 Å². The lowest BCUT2D eigenvalue weighted by Gasteiger charge is -2.18. The van der Waals surface area contributed by atoms with Gasteiger partial charge in [0.1, 0.15) is 16.8 Å². The highest BCUT2D eigenvalue weighted by atomic mass is 16.5. The van der Waals surface area contributed by atoms with Crippen molar-refractivity contribution in [1.82, 2.24) is 15.3 Å². The number of aromatic nitrogens is 2. The lowest BCUT2D eigenvalue weighted by molar-refractivity contribution is 0.415. The number of hydrogen-bond acceptors (Lipinski definition) is 7. The Balaban J connectivity index is 1.68. The van der Waals surface area contributed by atoms with E-state index in [0.29, 0.717) is 17.5 Å². The molecule has 1 aromatic carbocycles. The molecular formula is C17H19N5O2. The molecular weight excluding hydrogens is 306 g/mol. The Morgan fingerprint density at radius 2 is 2.25 bits per heavy atom. The van der Waals surface area contributed by atoms with Crippen LogP contribution in [0.25, 0.3) is 22.1 Å². The standard InChI is InChI=1S/C17H19N5O2/c1-23-10-2-3-13-11(6-10)14-15(24-13)16(21-17(18)20-14)22-7-9-4-5-19-12(9)8-22/h2-3,6,9,12,19H,4-5,7-8H2,1H3,(H2,18,20,21). The van der Waals surface area contributed by atoms with Crippen LogP contribution in [0.5, 0.6) is 5.75 Å². The number of furan rings is 1. The third kappa shape index (κ3) is 1.94. The van der Waals surface area contributed by atoms with Gasteiger partial charge in [-0.25, -0.2) is 4.98 Å². The van der Waals surface area contributed by atoms with Crippen LogP contribution in [0.15, 0.2) is 22.6 Å². The van der Waals surface area contributed by atoms with Gasteiger partial charge in [-0.3, -0.25) is 0 Å². The first-order chi connectivity index (χ1) is 11.7. The fourth-order valence-corrected chi connectivity index (χ4v) is 3.99. The van der Waals surface area contributed by atoms with Crippen LogP contribution >= 0.6 is 0 Å². The number of fused-ring (bicyclic) bond motifs is 4. The fourth-order valence-electron chi connectivity index (χ4n) is 3.99. The molecule has 2 saturated heterocycles. The number of anilines is 2. The lowest BCUT2D eigenvalue weighted by atomic mass is 10.1. The van der Waals surface area contributed by atoms with Gasteiger partial charge < -0.3 is 25.1 Å². The molecule has 0 saturated carbocycles. The zero-order valence-electron chi connectivity index (χ0n) is 13.5. The van der Waals surface area contributed by atoms with E-state index in [2.05, 4.69) is 20.2 Å². The van der Waals surface area contributed by atoms with E-state index in [1.807, 2.05) is 18.2 Å². The Morgan fingerprint density at radius 1 is 1.33 bits per heavy atom. The Bertz CT molecular complexity index is 926. The summed E-state index contributed by atoms with van der Waals surface area (Å²) < 4.78 is 11.4. The molecule has 2 aliphatic rings. The SMILES string of the molecule is COc1ccc2oc3c(N4CC5CCNC5C4)nc(N)nc3c2c1. The predicted octanol–water partition coefficient (Wildman–Crippen LogP) is 1.76.